The second-order valence-corrected chi connectivity index (χ2v) is 50.7. The Morgan fingerprint density at radius 2 is 0.915 bits per heavy atom. The van der Waals surface area contributed by atoms with Crippen molar-refractivity contribution in [2.45, 2.75) is 439 Å². The Morgan fingerprint density at radius 1 is 0.403 bits per heavy atom. The lowest BCUT2D eigenvalue weighted by molar-refractivity contribution is -0.131. The summed E-state index contributed by atoms with van der Waals surface area (Å²) in [7, 11) is 0. The number of carbonyl (C=O) groups excluding carboxylic acids is 8. The summed E-state index contributed by atoms with van der Waals surface area (Å²) >= 11 is 9.57. The fourth-order valence-corrected chi connectivity index (χ4v) is 17.5. The van der Waals surface area contributed by atoms with Gasteiger partial charge in [0.1, 0.15) is 10.4 Å². The Hall–Kier alpha value is -5.18. The van der Waals surface area contributed by atoms with Gasteiger partial charge in [-0.2, -0.15) is 0 Å². The Morgan fingerprint density at radius 3 is 1.10 bits per heavy atom. The number of thioether (sulfide) groups is 3. The fourth-order valence-electron chi connectivity index (χ4n) is 14.1. The molecule has 0 radical (unpaired) electrons. The van der Waals surface area contributed by atoms with Crippen LogP contribution in [0.2, 0.25) is 0 Å². The number of nitrogens with one attached hydrogen (secondary N) is 13. The number of amides is 9. The summed E-state index contributed by atoms with van der Waals surface area (Å²) in [6.07, 6.45) is 15.8. The molecule has 11 aliphatic heterocycles. The van der Waals surface area contributed by atoms with Gasteiger partial charge in [0, 0.05) is 116 Å². The molecule has 9 unspecified atom stereocenters. The summed E-state index contributed by atoms with van der Waals surface area (Å²) in [5.74, 6) is 5.53. The number of hydrogen-bond acceptors (Lipinski definition) is 18. The molecule has 1 aliphatic carbocycles. The second-order valence-electron chi connectivity index (χ2n) is 46.6. The highest BCUT2D eigenvalue weighted by Crippen LogP contribution is 2.40. The van der Waals surface area contributed by atoms with Crippen LogP contribution in [0.25, 0.3) is 0 Å². The maximum absolute atomic E-state index is 11.2. The van der Waals surface area contributed by atoms with Crippen LogP contribution in [0.3, 0.4) is 0 Å². The number of carbonyl (C=O) groups is 8. The van der Waals surface area contributed by atoms with E-state index in [2.05, 4.69) is 297 Å². The molecule has 0 spiro atoms. The molecule has 766 valence electrons. The molecule has 129 heavy (non-hydrogen) atoms. The van der Waals surface area contributed by atoms with Gasteiger partial charge in [0.2, 0.25) is 29.5 Å². The minimum Gasteiger partial charge on any atom is -0.376 e. The van der Waals surface area contributed by atoms with Gasteiger partial charge in [-0.25, -0.2) is 4.79 Å². The van der Waals surface area contributed by atoms with Gasteiger partial charge in [-0.05, 0) is 138 Å². The van der Waals surface area contributed by atoms with Gasteiger partial charge in [0.15, 0.2) is 0 Å². The molecule has 11 heterocycles. The monoisotopic (exact) mass is 1900 g/mol. The molecule has 12 rings (SSSR count). The lowest BCUT2D eigenvalue weighted by Crippen LogP contribution is -2.41. The normalized spacial score (nSPS) is 23.2. The van der Waals surface area contributed by atoms with Crippen molar-refractivity contribution in [2.75, 3.05) is 45.0 Å². The van der Waals surface area contributed by atoms with E-state index in [0.29, 0.717) is 74.0 Å². The molecule has 0 aromatic carbocycles. The van der Waals surface area contributed by atoms with Crippen molar-refractivity contribution in [3.8, 4) is 0 Å². The molecule has 26 heteroatoms. The lowest BCUT2D eigenvalue weighted by Gasteiger charge is -2.31. The largest absolute Gasteiger partial charge is 0.376 e. The molecule has 0 bridgehead atoms. The van der Waals surface area contributed by atoms with Crippen molar-refractivity contribution in [3.05, 3.63) is 48.3 Å². The zero-order chi connectivity index (χ0) is 93.3. The summed E-state index contributed by atoms with van der Waals surface area (Å²) in [6.45, 7) is 94.9. The first-order chi connectivity index (χ1) is 54.1. The Kier molecular flexibility index (Phi) is 65.5. The molecular formula is C103H212N14O8S4. The van der Waals surface area contributed by atoms with Crippen LogP contribution in [0.15, 0.2) is 48.3 Å². The van der Waals surface area contributed by atoms with Crippen molar-refractivity contribution in [3.63, 3.8) is 0 Å². The average Bonchev–Trinajstić information content (AvgIpc) is 1.70. The molecule has 10 saturated heterocycles. The first-order valence-electron chi connectivity index (χ1n) is 44.2. The quantitative estimate of drug-likeness (QED) is 0.0792. The molecule has 11 fully saturated rings. The second kappa shape index (κ2) is 59.6. The number of imide groups is 1. The third-order valence-corrected chi connectivity index (χ3v) is 27.2. The van der Waals surface area contributed by atoms with E-state index < -0.39 is 12.1 Å². The number of likely N-dealkylation sites (tertiary alicyclic amines) is 1. The van der Waals surface area contributed by atoms with Crippen LogP contribution in [0.1, 0.15) is 393 Å². The number of hydrogen-bond donors (Lipinski definition) is 13. The van der Waals surface area contributed by atoms with Gasteiger partial charge in [0.25, 0.3) is 11.1 Å². The Labute approximate surface area is 815 Å². The number of nitrogens with zero attached hydrogens (tertiary/aromatic N) is 1. The first kappa shape index (κ1) is 142. The SMILES string of the molecule is C.C.C.C.C.C.C.C.C.C=C1NC(C(C)(C)C)CS1.C=C1NC=C(C(C)(C)C)N1.C=C1NCC(C(C)(C)C)N1.CC(C)(C)C1CCC(=O)N1.CC(C)(C)C1CCCC1.CC(C)(C)C1CCCN1.CC(C)(C)C1CCNC1=O.CC(C)(C)C1CNC(=O)C1.CC(C)(C)C1CNC(=O)S1.CC(C)(C)C1NC(=O)NC1=O.CC(C)(C)C1SC(=S)NC1=O.CC(C)(C)N1CCCC1=O. The molecule has 9 amide bonds. The van der Waals surface area contributed by atoms with E-state index in [0.717, 1.165) is 87.0 Å². The molecular weight excluding hydrogens is 1690 g/mol. The number of urea groups is 1. The maximum Gasteiger partial charge on any atom is 0.322 e. The van der Waals surface area contributed by atoms with Gasteiger partial charge in [-0.15, -0.1) is 11.8 Å². The predicted molar refractivity (Wildman–Crippen MR) is 575 cm³/mol. The van der Waals surface area contributed by atoms with Crippen molar-refractivity contribution < 1.29 is 38.4 Å². The minimum absolute atomic E-state index is 0. The number of allylic oxidation sites excluding steroid dienone is 1. The molecule has 13 N–H and O–H groups in total. The average molecular weight is 1900 g/mol. The summed E-state index contributed by atoms with van der Waals surface area (Å²) < 4.78 is 0.606. The fraction of sp³-hybridized carbons (Fsp3) is 0.835. The predicted octanol–water partition coefficient (Wildman–Crippen LogP) is 24.2. The number of rotatable bonds is 0. The van der Waals surface area contributed by atoms with Gasteiger partial charge in [0.05, 0.1) is 21.9 Å². The molecule has 0 aromatic heterocycles. The van der Waals surface area contributed by atoms with Crippen molar-refractivity contribution in [1.82, 2.24) is 74.0 Å². The van der Waals surface area contributed by atoms with Gasteiger partial charge >= 0.3 is 6.03 Å². The summed E-state index contributed by atoms with van der Waals surface area (Å²) in [5, 5.41) is 39.9. The topological polar surface area (TPSA) is 296 Å². The van der Waals surface area contributed by atoms with E-state index in [-0.39, 0.29) is 156 Å². The van der Waals surface area contributed by atoms with Gasteiger partial charge in [-0.3, -0.25) is 38.9 Å². The third kappa shape index (κ3) is 56.1. The molecule has 1 saturated carbocycles. The lowest BCUT2D eigenvalue weighted by atomic mass is 9.80. The van der Waals surface area contributed by atoms with Crippen LogP contribution < -0.4 is 69.1 Å². The van der Waals surface area contributed by atoms with E-state index in [4.69, 9.17) is 12.2 Å². The highest BCUT2D eigenvalue weighted by Gasteiger charge is 2.42. The van der Waals surface area contributed by atoms with E-state index >= 15 is 0 Å². The standard InChI is InChI=1S/C9H18.C8H16N2.C8H14N2.4C8H15NO.C8H15NS.C8H17N.C7H12N2O2.C7H11NOS2.C7H13NOS.9CH4/c1-9(2,3)8-6-4-5-7-8;2*1-6-9-5-7(10-6)8(2,3)4;1-8(2,3)6-4-7(10)9-5-6;1-8(2,3)6-4-5-9-7(6)10;1-8(2,3)9-6-4-5-7(9)10;1-8(2,3)6-4-5-7(10)9-6;1-6-9-7(5-10-6)8(2,3)4;1-8(2,3)7-5-4-6-9-7;1-7(2,3)4-5(10)9-6(11)8-4;1-7(2,3)4-5(9)8-6(10)11-4;1-7(2,3)5-4-8-6(9)10-5;;;;;;;;;/h8H,4-7H2,1-3H3;7,9-10H,1,5H2,2-4H3;5,9-10H,1H2,2-4H3;2*6H,4-5H2,1-3H3,(H,9,10);4-6H2,1-3H3;6H,4-5H2,1-3H3,(H,9,10);7,9H,1,5H2,2-4H3;7,9H,4-6H2,1-3H3;4H,1-3H3,(H2,8,9,10,11);4H,1-3H3,(H,8,9,10);5H,4H2,1-3H3,(H,8,9);9*1H4. The smallest absolute Gasteiger partial charge is 0.322 e. The summed E-state index contributed by atoms with van der Waals surface area (Å²) in [5.41, 5.74) is 3.82. The third-order valence-electron chi connectivity index (χ3n) is 22.9. The van der Waals surface area contributed by atoms with Crippen LogP contribution in [-0.4, -0.2) is 147 Å². The highest BCUT2D eigenvalue weighted by atomic mass is 32.2. The van der Waals surface area contributed by atoms with Crippen LogP contribution in [0.5, 0.6) is 0 Å². The van der Waals surface area contributed by atoms with Gasteiger partial charge < -0.3 is 68.7 Å². The van der Waals surface area contributed by atoms with Crippen LogP contribution in [-0.2, 0) is 28.8 Å². The Balaban J connectivity index is -0.000000173. The zero-order valence-electron chi connectivity index (χ0n) is 82.3. The van der Waals surface area contributed by atoms with Crippen molar-refractivity contribution in [1.29, 1.82) is 0 Å². The van der Waals surface area contributed by atoms with E-state index in [9.17, 15) is 38.4 Å². The van der Waals surface area contributed by atoms with Crippen LogP contribution >= 0.6 is 47.5 Å². The number of thiocarbonyl (C=S) groups is 1. The van der Waals surface area contributed by atoms with Gasteiger partial charge in [-0.1, -0.05) is 364 Å². The zero-order valence-corrected chi connectivity index (χ0v) is 85.5. The van der Waals surface area contributed by atoms with E-state index in [1.165, 1.54) is 80.0 Å². The molecule has 9 atom stereocenters. The molecule has 22 nitrogen and oxygen atoms in total. The highest BCUT2D eigenvalue weighted by molar-refractivity contribution is 8.24. The minimum atomic E-state index is -0.394. The summed E-state index contributed by atoms with van der Waals surface area (Å²) in [4.78, 5) is 89.5. The first-order valence-corrected chi connectivity index (χ1v) is 47.4. The Bertz CT molecular complexity index is 3050. The van der Waals surface area contributed by atoms with Crippen LogP contribution in [0, 0.1) is 77.3 Å². The van der Waals surface area contributed by atoms with E-state index in [1.54, 1.807) is 0 Å². The molecule has 0 aromatic rings. The van der Waals surface area contributed by atoms with Crippen LogP contribution in [0.4, 0.5) is 9.59 Å². The van der Waals surface area contributed by atoms with Crippen molar-refractivity contribution in [2.24, 2.45) is 77.3 Å². The molecule has 12 aliphatic rings. The summed E-state index contributed by atoms with van der Waals surface area (Å²) in [6, 6.07) is 1.49. The van der Waals surface area contributed by atoms with Crippen molar-refractivity contribution >= 4 is 98.5 Å². The van der Waals surface area contributed by atoms with E-state index in [1.807, 2.05) is 64.4 Å². The maximum atomic E-state index is 11.2.